The highest BCUT2D eigenvalue weighted by Crippen LogP contribution is 2.47. The Kier molecular flexibility index (Phi) is 5.15. The van der Waals surface area contributed by atoms with Crippen LogP contribution >= 0.6 is 0 Å². The Bertz CT molecular complexity index is 794. The molecule has 138 valence electrons. The summed E-state index contributed by atoms with van der Waals surface area (Å²) in [6, 6.07) is 6.43. The van der Waals surface area contributed by atoms with E-state index in [0.717, 1.165) is 31.0 Å². The molecule has 1 atom stereocenters. The molecule has 1 heterocycles. The maximum atomic E-state index is 13.4. The molecule has 0 spiro atoms. The normalized spacial score (nSPS) is 16.0. The number of carbonyl (C=O) groups excluding carboxylic acids is 1. The molecule has 1 fully saturated rings. The van der Waals surface area contributed by atoms with Crippen LogP contribution in [0.3, 0.4) is 0 Å². The average molecular weight is 361 g/mol. The summed E-state index contributed by atoms with van der Waals surface area (Å²) >= 11 is 0. The quantitative estimate of drug-likeness (QED) is 0.823. The minimum absolute atomic E-state index is 0.136. The van der Waals surface area contributed by atoms with Crippen molar-refractivity contribution in [2.45, 2.75) is 26.2 Å². The van der Waals surface area contributed by atoms with Crippen LogP contribution in [0.5, 0.6) is 5.88 Å². The first-order chi connectivity index (χ1) is 12.4. The molecule has 0 bridgehead atoms. The number of ether oxygens (including phenoxy) is 1. The number of nitrogens with zero attached hydrogens (tertiary/aromatic N) is 2. The van der Waals surface area contributed by atoms with Crippen LogP contribution in [0.2, 0.25) is 0 Å². The molecule has 1 N–H and O–H groups in total. The summed E-state index contributed by atoms with van der Waals surface area (Å²) in [5.41, 5.74) is 0.868. The fraction of sp³-hybridized carbons (Fsp3) is 0.421. The lowest BCUT2D eigenvalue weighted by atomic mass is 9.79. The third-order valence-corrected chi connectivity index (χ3v) is 4.85. The fourth-order valence-corrected chi connectivity index (χ4v) is 3.17. The molecule has 2 aromatic rings. The van der Waals surface area contributed by atoms with Gasteiger partial charge in [0.05, 0.1) is 13.3 Å². The lowest BCUT2D eigenvalue weighted by Crippen LogP contribution is -2.39. The van der Waals surface area contributed by atoms with Crippen LogP contribution in [0.15, 0.2) is 30.5 Å². The number of methoxy groups -OCH3 is 1. The lowest BCUT2D eigenvalue weighted by Gasteiger charge is -2.30. The number of nitrogens with one attached hydrogen (secondary N) is 1. The van der Waals surface area contributed by atoms with Crippen molar-refractivity contribution in [3.8, 4) is 5.88 Å². The molecule has 1 aromatic heterocycles. The molecule has 1 aliphatic rings. The number of aromatic nitrogens is 2. The van der Waals surface area contributed by atoms with E-state index in [1.54, 1.807) is 12.1 Å². The van der Waals surface area contributed by atoms with Crippen LogP contribution in [0.1, 0.15) is 35.9 Å². The predicted molar refractivity (Wildman–Crippen MR) is 91.8 cm³/mol. The van der Waals surface area contributed by atoms with Gasteiger partial charge in [0.25, 0.3) is 11.8 Å². The molecule has 3 rings (SSSR count). The molecule has 1 aromatic carbocycles. The van der Waals surface area contributed by atoms with E-state index in [0.29, 0.717) is 12.5 Å². The van der Waals surface area contributed by atoms with Gasteiger partial charge < -0.3 is 10.1 Å². The minimum Gasteiger partial charge on any atom is -0.479 e. The third-order valence-electron chi connectivity index (χ3n) is 4.85. The van der Waals surface area contributed by atoms with Crippen LogP contribution in [-0.4, -0.2) is 29.5 Å². The topological polar surface area (TPSA) is 64.1 Å². The Morgan fingerprint density at radius 2 is 2.00 bits per heavy atom. The van der Waals surface area contributed by atoms with E-state index in [1.165, 1.54) is 19.2 Å². The van der Waals surface area contributed by atoms with Crippen LogP contribution in [-0.2, 0) is 6.42 Å². The molecular weight excluding hydrogens is 340 g/mol. The molecule has 1 saturated carbocycles. The van der Waals surface area contributed by atoms with Gasteiger partial charge in [-0.05, 0) is 48.3 Å². The molecule has 0 radical (unpaired) electrons. The van der Waals surface area contributed by atoms with Gasteiger partial charge in [-0.25, -0.2) is 9.37 Å². The number of hydrogen-bond acceptors (Lipinski definition) is 4. The van der Waals surface area contributed by atoms with E-state index in [2.05, 4.69) is 22.2 Å². The first-order valence-corrected chi connectivity index (χ1v) is 8.50. The Hall–Kier alpha value is -2.57. The largest absolute Gasteiger partial charge is 0.479 e. The second-order valence-electron chi connectivity index (χ2n) is 6.97. The van der Waals surface area contributed by atoms with Crippen LogP contribution in [0.4, 0.5) is 8.78 Å². The van der Waals surface area contributed by atoms with Gasteiger partial charge in [0.2, 0.25) is 11.6 Å². The van der Waals surface area contributed by atoms with Gasteiger partial charge in [-0.15, -0.1) is 0 Å². The van der Waals surface area contributed by atoms with Crippen molar-refractivity contribution in [3.63, 3.8) is 0 Å². The van der Waals surface area contributed by atoms with Crippen molar-refractivity contribution < 1.29 is 18.3 Å². The number of hydrogen-bond donors (Lipinski definition) is 1. The van der Waals surface area contributed by atoms with Gasteiger partial charge in [0, 0.05) is 6.54 Å². The van der Waals surface area contributed by atoms with Gasteiger partial charge in [0.1, 0.15) is 5.82 Å². The Labute approximate surface area is 150 Å². The van der Waals surface area contributed by atoms with Gasteiger partial charge >= 0.3 is 0 Å². The van der Waals surface area contributed by atoms with E-state index in [4.69, 9.17) is 4.74 Å². The lowest BCUT2D eigenvalue weighted by molar-refractivity contribution is 0.0914. The molecule has 1 aliphatic carbocycles. The summed E-state index contributed by atoms with van der Waals surface area (Å²) in [4.78, 5) is 19.9. The van der Waals surface area contributed by atoms with Crippen LogP contribution in [0, 0.1) is 23.0 Å². The summed E-state index contributed by atoms with van der Waals surface area (Å²) in [7, 11) is 1.28. The number of benzene rings is 1. The smallest absolute Gasteiger partial charge is 0.289 e. The van der Waals surface area contributed by atoms with Crippen molar-refractivity contribution >= 4 is 5.91 Å². The maximum absolute atomic E-state index is 13.4. The zero-order valence-electron chi connectivity index (χ0n) is 14.8. The van der Waals surface area contributed by atoms with E-state index < -0.39 is 11.7 Å². The highest BCUT2D eigenvalue weighted by Gasteiger charge is 2.41. The van der Waals surface area contributed by atoms with Crippen molar-refractivity contribution in [1.82, 2.24) is 15.3 Å². The van der Waals surface area contributed by atoms with Crippen molar-refractivity contribution in [2.24, 2.45) is 11.3 Å². The van der Waals surface area contributed by atoms with Gasteiger partial charge in [-0.3, -0.25) is 4.79 Å². The number of carbonyl (C=O) groups is 1. The van der Waals surface area contributed by atoms with Crippen LogP contribution in [0.25, 0.3) is 0 Å². The van der Waals surface area contributed by atoms with Gasteiger partial charge in [-0.1, -0.05) is 19.1 Å². The van der Waals surface area contributed by atoms with Gasteiger partial charge in [0.15, 0.2) is 0 Å². The maximum Gasteiger partial charge on any atom is 0.289 e. The first-order valence-electron chi connectivity index (χ1n) is 8.50. The monoisotopic (exact) mass is 361 g/mol. The summed E-state index contributed by atoms with van der Waals surface area (Å²) in [6.45, 7) is 2.54. The Morgan fingerprint density at radius 1 is 1.31 bits per heavy atom. The van der Waals surface area contributed by atoms with E-state index in [9.17, 15) is 13.6 Å². The van der Waals surface area contributed by atoms with Gasteiger partial charge in [-0.2, -0.15) is 9.37 Å². The zero-order valence-corrected chi connectivity index (χ0v) is 14.8. The Balaban J connectivity index is 1.68. The number of rotatable bonds is 7. The highest BCUT2D eigenvalue weighted by molar-refractivity contribution is 5.90. The molecule has 0 aliphatic heterocycles. The summed E-state index contributed by atoms with van der Waals surface area (Å²) in [5.74, 6) is -1.36. The number of amides is 1. The Morgan fingerprint density at radius 3 is 2.62 bits per heavy atom. The van der Waals surface area contributed by atoms with E-state index >= 15 is 0 Å². The van der Waals surface area contributed by atoms with Crippen molar-refractivity contribution in [1.29, 1.82) is 0 Å². The SMILES string of the molecule is COc1nc(C(=O)NCC(C)(Cc2ccc(F)cc2)C2CC2)ncc1F. The summed E-state index contributed by atoms with van der Waals surface area (Å²) in [6.07, 6.45) is 3.86. The standard InChI is InChI=1S/C19H21F2N3O2/c1-19(13-5-6-13,9-12-3-7-14(20)8-4-12)11-23-17(25)16-22-10-15(21)18(24-16)26-2/h3-4,7-8,10,13H,5-6,9,11H2,1-2H3,(H,23,25). The van der Waals surface area contributed by atoms with Crippen molar-refractivity contribution in [3.05, 3.63) is 53.5 Å². The number of halogens is 2. The average Bonchev–Trinajstić information content (AvgIpc) is 3.48. The summed E-state index contributed by atoms with van der Waals surface area (Å²) < 4.78 is 31.3. The van der Waals surface area contributed by atoms with Crippen LogP contribution < -0.4 is 10.1 Å². The molecule has 5 nitrogen and oxygen atoms in total. The zero-order chi connectivity index (χ0) is 18.7. The second kappa shape index (κ2) is 7.35. The predicted octanol–water partition coefficient (Wildman–Crippen LogP) is 3.15. The molecule has 26 heavy (non-hydrogen) atoms. The third kappa shape index (κ3) is 4.15. The summed E-state index contributed by atoms with van der Waals surface area (Å²) in [5, 5.41) is 2.85. The molecule has 1 amide bonds. The highest BCUT2D eigenvalue weighted by atomic mass is 19.1. The molecule has 0 saturated heterocycles. The molecule has 1 unspecified atom stereocenters. The first kappa shape index (κ1) is 18.2. The molecule has 7 heteroatoms. The second-order valence-corrected chi connectivity index (χ2v) is 6.97. The fourth-order valence-electron chi connectivity index (χ4n) is 3.17. The van der Waals surface area contributed by atoms with E-state index in [1.807, 2.05) is 0 Å². The molecular formula is C19H21F2N3O2. The van der Waals surface area contributed by atoms with E-state index in [-0.39, 0.29) is 22.9 Å². The minimum atomic E-state index is -0.719. The van der Waals surface area contributed by atoms with Crippen molar-refractivity contribution in [2.75, 3.05) is 13.7 Å².